The number of nitrogens with zero attached hydrogens (tertiary/aromatic N) is 4. The summed E-state index contributed by atoms with van der Waals surface area (Å²) in [6, 6.07) is 12.9. The molecular weight excluding hydrogens is 487 g/mol. The first-order chi connectivity index (χ1) is 18.1. The summed E-state index contributed by atoms with van der Waals surface area (Å²) in [5.41, 5.74) is 0.665. The van der Waals surface area contributed by atoms with E-state index in [1.54, 1.807) is 31.3 Å². The normalized spacial score (nSPS) is 19.9. The van der Waals surface area contributed by atoms with E-state index in [0.717, 1.165) is 11.5 Å². The Morgan fingerprint density at radius 1 is 1.18 bits per heavy atom. The lowest BCUT2D eigenvalue weighted by Crippen LogP contribution is -2.38. The van der Waals surface area contributed by atoms with Gasteiger partial charge in [-0.15, -0.1) is 5.10 Å². The van der Waals surface area contributed by atoms with Gasteiger partial charge in [0.05, 0.1) is 23.3 Å². The Morgan fingerprint density at radius 3 is 2.66 bits per heavy atom. The fraction of sp³-hybridized carbons (Fsp3) is 0.429. The number of nitrogens with one attached hydrogen (secondary N) is 2. The maximum absolute atomic E-state index is 14.5. The van der Waals surface area contributed by atoms with Crippen molar-refractivity contribution in [3.8, 4) is 5.75 Å². The largest absolute Gasteiger partial charge is 0.487 e. The van der Waals surface area contributed by atoms with Crippen molar-refractivity contribution >= 4 is 11.6 Å². The van der Waals surface area contributed by atoms with E-state index in [-0.39, 0.29) is 23.2 Å². The van der Waals surface area contributed by atoms with E-state index in [1.807, 2.05) is 28.9 Å². The molecule has 0 bridgehead atoms. The highest BCUT2D eigenvalue weighted by Crippen LogP contribution is 2.42. The van der Waals surface area contributed by atoms with Crippen LogP contribution in [0.15, 0.2) is 57.9 Å². The summed E-state index contributed by atoms with van der Waals surface area (Å²) in [5, 5.41) is 14.4. The molecule has 0 aliphatic heterocycles. The molecule has 5 rings (SSSR count). The second-order valence-corrected chi connectivity index (χ2v) is 11.0. The number of anilines is 2. The molecule has 9 nitrogen and oxygen atoms in total. The Bertz CT molecular complexity index is 1460. The van der Waals surface area contributed by atoms with E-state index in [9.17, 15) is 9.18 Å². The summed E-state index contributed by atoms with van der Waals surface area (Å²) in [7, 11) is 0. The van der Waals surface area contributed by atoms with Crippen LogP contribution in [0.1, 0.15) is 63.6 Å². The molecule has 2 N–H and O–H groups in total. The number of aromatic amines is 1. The number of H-pyrrole nitrogens is 1. The standard InChI is InChI=1S/C28H33FN6O3/c1-18-7-5-9-21(24(18)29)37-20-11-14-28(15-12-20,25-33-34-26(36)38-25)17-19-8-6-10-22(31-19)32-23-13-16-30-35(23)27(2,3)4/h5-10,13,16,20H,11-12,14-15,17H2,1-4H3,(H,31,32)(H,34,36). The topological polar surface area (TPSA) is 111 Å². The van der Waals surface area contributed by atoms with Crippen LogP contribution in [0.5, 0.6) is 5.75 Å². The number of hydrogen-bond donors (Lipinski definition) is 2. The maximum atomic E-state index is 14.5. The van der Waals surface area contributed by atoms with Gasteiger partial charge in [-0.2, -0.15) is 5.10 Å². The molecule has 4 aromatic rings. The first kappa shape index (κ1) is 25.7. The van der Waals surface area contributed by atoms with Gasteiger partial charge in [-0.25, -0.2) is 23.9 Å². The average Bonchev–Trinajstić information content (AvgIpc) is 3.53. The summed E-state index contributed by atoms with van der Waals surface area (Å²) in [6.45, 7) is 7.98. The van der Waals surface area contributed by atoms with E-state index >= 15 is 0 Å². The molecule has 1 aromatic carbocycles. The summed E-state index contributed by atoms with van der Waals surface area (Å²) in [4.78, 5) is 16.7. The molecular formula is C28H33FN6O3. The minimum Gasteiger partial charge on any atom is -0.487 e. The number of ether oxygens (including phenoxy) is 1. The molecule has 10 heteroatoms. The van der Waals surface area contributed by atoms with Gasteiger partial charge in [0.1, 0.15) is 11.6 Å². The van der Waals surface area contributed by atoms with Crippen LogP contribution in [0.4, 0.5) is 16.0 Å². The molecule has 0 radical (unpaired) electrons. The van der Waals surface area contributed by atoms with Crippen molar-refractivity contribution in [3.63, 3.8) is 0 Å². The third-order valence-electron chi connectivity index (χ3n) is 7.09. The fourth-order valence-electron chi connectivity index (χ4n) is 5.13. The van der Waals surface area contributed by atoms with Gasteiger partial charge < -0.3 is 14.5 Å². The Kier molecular flexibility index (Phi) is 6.81. The number of hydrogen-bond acceptors (Lipinski definition) is 7. The number of aromatic nitrogens is 5. The highest BCUT2D eigenvalue weighted by Gasteiger charge is 2.42. The molecule has 0 saturated heterocycles. The van der Waals surface area contributed by atoms with E-state index < -0.39 is 11.2 Å². The molecule has 200 valence electrons. The van der Waals surface area contributed by atoms with Gasteiger partial charge in [0.15, 0.2) is 11.6 Å². The molecule has 1 saturated carbocycles. The van der Waals surface area contributed by atoms with Crippen molar-refractivity contribution in [2.24, 2.45) is 0 Å². The minimum atomic E-state index is -0.585. The van der Waals surface area contributed by atoms with Gasteiger partial charge in [-0.1, -0.05) is 18.2 Å². The lowest BCUT2D eigenvalue weighted by atomic mass is 9.70. The molecule has 3 aromatic heterocycles. The molecule has 38 heavy (non-hydrogen) atoms. The van der Waals surface area contributed by atoms with Crippen molar-refractivity contribution in [2.75, 3.05) is 5.32 Å². The quantitative estimate of drug-likeness (QED) is 0.336. The van der Waals surface area contributed by atoms with Crippen LogP contribution >= 0.6 is 0 Å². The monoisotopic (exact) mass is 520 g/mol. The predicted octanol–water partition coefficient (Wildman–Crippen LogP) is 5.40. The van der Waals surface area contributed by atoms with Crippen LogP contribution in [0.3, 0.4) is 0 Å². The summed E-state index contributed by atoms with van der Waals surface area (Å²) < 4.78 is 28.0. The predicted molar refractivity (Wildman–Crippen MR) is 141 cm³/mol. The summed E-state index contributed by atoms with van der Waals surface area (Å²) in [5.74, 6) is 1.26. The first-order valence-electron chi connectivity index (χ1n) is 12.9. The molecule has 1 aliphatic carbocycles. The Balaban J connectivity index is 1.36. The summed E-state index contributed by atoms with van der Waals surface area (Å²) in [6.07, 6.45) is 4.75. The highest BCUT2D eigenvalue weighted by molar-refractivity contribution is 5.52. The van der Waals surface area contributed by atoms with Gasteiger partial charge in [-0.05, 0) is 77.1 Å². The zero-order chi connectivity index (χ0) is 26.9. The molecule has 0 unspecified atom stereocenters. The van der Waals surface area contributed by atoms with Crippen LogP contribution in [-0.2, 0) is 17.4 Å². The third kappa shape index (κ3) is 5.34. The number of rotatable bonds is 7. The van der Waals surface area contributed by atoms with Crippen molar-refractivity contribution in [1.29, 1.82) is 0 Å². The lowest BCUT2D eigenvalue weighted by Gasteiger charge is -2.37. The van der Waals surface area contributed by atoms with Crippen molar-refractivity contribution in [1.82, 2.24) is 25.0 Å². The van der Waals surface area contributed by atoms with Crippen LogP contribution in [0.2, 0.25) is 0 Å². The second kappa shape index (κ2) is 10.1. The van der Waals surface area contributed by atoms with Crippen molar-refractivity contribution < 1.29 is 13.5 Å². The van der Waals surface area contributed by atoms with Crippen molar-refractivity contribution in [2.45, 2.75) is 76.9 Å². The molecule has 0 atom stereocenters. The van der Waals surface area contributed by atoms with Gasteiger partial charge in [-0.3, -0.25) is 0 Å². The van der Waals surface area contributed by atoms with Gasteiger partial charge in [0.2, 0.25) is 5.89 Å². The fourth-order valence-corrected chi connectivity index (χ4v) is 5.13. The molecule has 0 amide bonds. The van der Waals surface area contributed by atoms with Gasteiger partial charge in [0.25, 0.3) is 0 Å². The zero-order valence-electron chi connectivity index (χ0n) is 22.1. The minimum absolute atomic E-state index is 0.149. The highest BCUT2D eigenvalue weighted by atomic mass is 19.1. The van der Waals surface area contributed by atoms with Crippen LogP contribution in [0, 0.1) is 12.7 Å². The smallest absolute Gasteiger partial charge is 0.434 e. The Morgan fingerprint density at radius 2 is 1.95 bits per heavy atom. The van der Waals surface area contributed by atoms with E-state index in [2.05, 4.69) is 41.4 Å². The number of benzene rings is 1. The lowest BCUT2D eigenvalue weighted by molar-refractivity contribution is 0.0988. The van der Waals surface area contributed by atoms with Crippen LogP contribution in [0.25, 0.3) is 0 Å². The van der Waals surface area contributed by atoms with Crippen LogP contribution < -0.4 is 15.8 Å². The molecule has 1 fully saturated rings. The third-order valence-corrected chi connectivity index (χ3v) is 7.09. The average molecular weight is 521 g/mol. The van der Waals surface area contributed by atoms with E-state index in [1.165, 1.54) is 0 Å². The van der Waals surface area contributed by atoms with Crippen LogP contribution in [-0.4, -0.2) is 31.1 Å². The number of pyridine rings is 1. The summed E-state index contributed by atoms with van der Waals surface area (Å²) >= 11 is 0. The first-order valence-corrected chi connectivity index (χ1v) is 12.9. The zero-order valence-corrected chi connectivity index (χ0v) is 22.1. The van der Waals surface area contributed by atoms with Gasteiger partial charge >= 0.3 is 5.76 Å². The molecule has 0 spiro atoms. The molecule has 1 aliphatic rings. The second-order valence-electron chi connectivity index (χ2n) is 11.0. The molecule has 3 heterocycles. The van der Waals surface area contributed by atoms with Crippen molar-refractivity contribution in [3.05, 3.63) is 82.2 Å². The van der Waals surface area contributed by atoms with Gasteiger partial charge in [0, 0.05) is 18.2 Å². The number of aryl methyl sites for hydroxylation is 1. The Hall–Kier alpha value is -3.95. The van der Waals surface area contributed by atoms with E-state index in [4.69, 9.17) is 14.1 Å². The number of halogens is 1. The van der Waals surface area contributed by atoms with E-state index in [0.29, 0.717) is 49.4 Å². The Labute approximate surface area is 220 Å². The maximum Gasteiger partial charge on any atom is 0.434 e. The SMILES string of the molecule is Cc1cccc(OC2CCC(Cc3cccc(Nc4ccnn4C(C)(C)C)n3)(c3n[nH]c(=O)o3)CC2)c1F.